The van der Waals surface area contributed by atoms with Crippen molar-refractivity contribution in [2.45, 2.75) is 39.3 Å². The normalized spacial score (nSPS) is 13.3. The summed E-state index contributed by atoms with van der Waals surface area (Å²) in [5.41, 5.74) is 1.11. The molecule has 0 saturated carbocycles. The van der Waals surface area contributed by atoms with Gasteiger partial charge < -0.3 is 15.0 Å². The highest BCUT2D eigenvalue weighted by Crippen LogP contribution is 2.16. The number of aromatic amines is 1. The molecule has 1 atom stereocenters. The number of pyridine rings is 1. The van der Waals surface area contributed by atoms with E-state index in [2.05, 4.69) is 15.3 Å². The lowest BCUT2D eigenvalue weighted by molar-refractivity contribution is 0.0507. The van der Waals surface area contributed by atoms with Gasteiger partial charge >= 0.3 is 6.09 Å². The molecule has 0 aliphatic rings. The molecule has 1 amide bonds. The number of aromatic nitrogens is 2. The molecule has 0 bridgehead atoms. The summed E-state index contributed by atoms with van der Waals surface area (Å²) in [5, 5.41) is 3.82. The van der Waals surface area contributed by atoms with Crippen LogP contribution < -0.4 is 5.32 Å². The number of amides is 1. The number of H-pyrrole nitrogens is 1. The molecular weight excluding hydrogens is 242 g/mol. The maximum absolute atomic E-state index is 11.7. The van der Waals surface area contributed by atoms with Crippen LogP contribution in [0.4, 0.5) is 4.79 Å². The lowest BCUT2D eigenvalue weighted by Crippen LogP contribution is -2.34. The second-order valence-electron chi connectivity index (χ2n) is 5.52. The van der Waals surface area contributed by atoms with Gasteiger partial charge in [-0.15, -0.1) is 0 Å². The van der Waals surface area contributed by atoms with E-state index in [9.17, 15) is 4.79 Å². The van der Waals surface area contributed by atoms with Gasteiger partial charge in [-0.2, -0.15) is 0 Å². The predicted octanol–water partition coefficient (Wildman–Crippen LogP) is 3.15. The SMILES string of the molecule is C[C@@H](NC(=O)OC(C)(C)C)c1ccc2cc[nH]c2n1. The van der Waals surface area contributed by atoms with Crippen molar-refractivity contribution in [2.24, 2.45) is 0 Å². The summed E-state index contributed by atoms with van der Waals surface area (Å²) < 4.78 is 5.22. The zero-order valence-electron chi connectivity index (χ0n) is 11.7. The van der Waals surface area contributed by atoms with Gasteiger partial charge in [-0.3, -0.25) is 0 Å². The fourth-order valence-corrected chi connectivity index (χ4v) is 1.74. The molecule has 0 unspecified atom stereocenters. The van der Waals surface area contributed by atoms with Crippen LogP contribution in [0.2, 0.25) is 0 Å². The van der Waals surface area contributed by atoms with Gasteiger partial charge in [0.05, 0.1) is 11.7 Å². The van der Waals surface area contributed by atoms with Crippen LogP contribution in [0.3, 0.4) is 0 Å². The Balaban J connectivity index is 2.06. The van der Waals surface area contributed by atoms with E-state index in [0.29, 0.717) is 0 Å². The summed E-state index contributed by atoms with van der Waals surface area (Å²) in [4.78, 5) is 19.2. The summed E-state index contributed by atoms with van der Waals surface area (Å²) in [6, 6.07) is 5.63. The second-order valence-corrected chi connectivity index (χ2v) is 5.52. The Hall–Kier alpha value is -2.04. The van der Waals surface area contributed by atoms with Crippen molar-refractivity contribution in [3.05, 3.63) is 30.1 Å². The summed E-state index contributed by atoms with van der Waals surface area (Å²) in [6.45, 7) is 7.38. The monoisotopic (exact) mass is 261 g/mol. The van der Waals surface area contributed by atoms with E-state index in [1.165, 1.54) is 0 Å². The van der Waals surface area contributed by atoms with Gasteiger partial charge in [0.1, 0.15) is 11.2 Å². The van der Waals surface area contributed by atoms with Crippen LogP contribution in [0.15, 0.2) is 24.4 Å². The number of carbonyl (C=O) groups excluding carboxylic acids is 1. The molecule has 0 fully saturated rings. The Morgan fingerprint density at radius 3 is 2.79 bits per heavy atom. The van der Waals surface area contributed by atoms with Gasteiger partial charge in [0.15, 0.2) is 0 Å². The fourth-order valence-electron chi connectivity index (χ4n) is 1.74. The molecule has 0 saturated heterocycles. The third kappa shape index (κ3) is 3.47. The van der Waals surface area contributed by atoms with Crippen LogP contribution in [0.5, 0.6) is 0 Å². The molecule has 2 aromatic rings. The summed E-state index contributed by atoms with van der Waals surface area (Å²) in [5.74, 6) is 0. The second kappa shape index (κ2) is 4.91. The fraction of sp³-hybridized carbons (Fsp3) is 0.429. The van der Waals surface area contributed by atoms with E-state index < -0.39 is 11.7 Å². The zero-order valence-corrected chi connectivity index (χ0v) is 11.7. The lowest BCUT2D eigenvalue weighted by atomic mass is 10.2. The summed E-state index contributed by atoms with van der Waals surface area (Å²) in [6.07, 6.45) is 1.40. The number of hydrogen-bond donors (Lipinski definition) is 2. The Kier molecular flexibility index (Phi) is 3.46. The minimum absolute atomic E-state index is 0.206. The Bertz CT molecular complexity index is 584. The molecule has 2 N–H and O–H groups in total. The molecule has 0 aliphatic heterocycles. The number of nitrogens with zero attached hydrogens (tertiary/aromatic N) is 1. The van der Waals surface area contributed by atoms with Crippen molar-refractivity contribution in [1.82, 2.24) is 15.3 Å². The molecule has 0 aromatic carbocycles. The van der Waals surface area contributed by atoms with Crippen LogP contribution >= 0.6 is 0 Å². The van der Waals surface area contributed by atoms with Gasteiger partial charge in [-0.25, -0.2) is 9.78 Å². The van der Waals surface area contributed by atoms with Crippen LogP contribution in [0.1, 0.15) is 39.4 Å². The minimum Gasteiger partial charge on any atom is -0.444 e. The quantitative estimate of drug-likeness (QED) is 0.872. The number of carbonyl (C=O) groups is 1. The van der Waals surface area contributed by atoms with Crippen LogP contribution in [0.25, 0.3) is 11.0 Å². The first kappa shape index (κ1) is 13.4. The average molecular weight is 261 g/mol. The van der Waals surface area contributed by atoms with E-state index in [0.717, 1.165) is 16.7 Å². The highest BCUT2D eigenvalue weighted by Gasteiger charge is 2.18. The lowest BCUT2D eigenvalue weighted by Gasteiger charge is -2.21. The third-order valence-corrected chi connectivity index (χ3v) is 2.61. The standard InChI is InChI=1S/C14H19N3O2/c1-9(16-13(18)19-14(2,3)4)11-6-5-10-7-8-15-12(10)17-11/h5-9H,1-4H3,(H,15,17)(H,16,18)/t9-/m1/s1. The molecule has 2 heterocycles. The third-order valence-electron chi connectivity index (χ3n) is 2.61. The summed E-state index contributed by atoms with van der Waals surface area (Å²) >= 11 is 0. The summed E-state index contributed by atoms with van der Waals surface area (Å²) in [7, 11) is 0. The van der Waals surface area contributed by atoms with Gasteiger partial charge in [0.25, 0.3) is 0 Å². The average Bonchev–Trinajstić information content (AvgIpc) is 2.72. The predicted molar refractivity (Wildman–Crippen MR) is 73.9 cm³/mol. The van der Waals surface area contributed by atoms with Gasteiger partial charge in [-0.05, 0) is 45.9 Å². The van der Waals surface area contributed by atoms with E-state index in [1.807, 2.05) is 52.1 Å². The number of fused-ring (bicyclic) bond motifs is 1. The minimum atomic E-state index is -0.499. The number of ether oxygens (including phenoxy) is 1. The van der Waals surface area contributed by atoms with Crippen molar-refractivity contribution >= 4 is 17.1 Å². The van der Waals surface area contributed by atoms with Crippen LogP contribution in [0, 0.1) is 0 Å². The smallest absolute Gasteiger partial charge is 0.408 e. The topological polar surface area (TPSA) is 67.0 Å². The zero-order chi connectivity index (χ0) is 14.0. The van der Waals surface area contributed by atoms with Crippen molar-refractivity contribution < 1.29 is 9.53 Å². The van der Waals surface area contributed by atoms with Gasteiger partial charge in [0.2, 0.25) is 0 Å². The van der Waals surface area contributed by atoms with Crippen molar-refractivity contribution in [1.29, 1.82) is 0 Å². The molecule has 0 radical (unpaired) electrons. The molecule has 2 aromatic heterocycles. The number of nitrogens with one attached hydrogen (secondary N) is 2. The largest absolute Gasteiger partial charge is 0.444 e. The van der Waals surface area contributed by atoms with E-state index in [-0.39, 0.29) is 6.04 Å². The van der Waals surface area contributed by atoms with Gasteiger partial charge in [-0.1, -0.05) is 0 Å². The van der Waals surface area contributed by atoms with Crippen LogP contribution in [-0.2, 0) is 4.74 Å². The molecule has 5 nitrogen and oxygen atoms in total. The first-order valence-electron chi connectivity index (χ1n) is 6.29. The number of rotatable bonds is 2. The van der Waals surface area contributed by atoms with Crippen molar-refractivity contribution in [3.63, 3.8) is 0 Å². The Labute approximate surface area is 112 Å². The molecule has 0 aliphatic carbocycles. The molecule has 19 heavy (non-hydrogen) atoms. The number of hydrogen-bond acceptors (Lipinski definition) is 3. The van der Waals surface area contributed by atoms with Crippen LogP contribution in [-0.4, -0.2) is 21.7 Å². The first-order chi connectivity index (χ1) is 8.85. The molecule has 0 spiro atoms. The Morgan fingerprint density at radius 2 is 2.11 bits per heavy atom. The molecule has 5 heteroatoms. The van der Waals surface area contributed by atoms with Crippen molar-refractivity contribution in [2.75, 3.05) is 0 Å². The maximum atomic E-state index is 11.7. The molecular formula is C14H19N3O2. The first-order valence-corrected chi connectivity index (χ1v) is 6.29. The van der Waals surface area contributed by atoms with E-state index in [4.69, 9.17) is 4.74 Å². The van der Waals surface area contributed by atoms with Gasteiger partial charge in [0, 0.05) is 11.6 Å². The highest BCUT2D eigenvalue weighted by molar-refractivity contribution is 5.75. The molecule has 2 rings (SSSR count). The van der Waals surface area contributed by atoms with E-state index in [1.54, 1.807) is 0 Å². The Morgan fingerprint density at radius 1 is 1.37 bits per heavy atom. The highest BCUT2D eigenvalue weighted by atomic mass is 16.6. The molecule has 102 valence electrons. The van der Waals surface area contributed by atoms with Crippen molar-refractivity contribution in [3.8, 4) is 0 Å². The van der Waals surface area contributed by atoms with E-state index >= 15 is 0 Å². The number of alkyl carbamates (subject to hydrolysis) is 1. The maximum Gasteiger partial charge on any atom is 0.408 e.